The Balaban J connectivity index is 2.45. The molecule has 1 rings (SSSR count). The van der Waals surface area contributed by atoms with Crippen molar-refractivity contribution in [2.75, 3.05) is 26.8 Å². The van der Waals surface area contributed by atoms with Gasteiger partial charge in [0.1, 0.15) is 5.82 Å². The summed E-state index contributed by atoms with van der Waals surface area (Å²) < 4.78 is 5.01. The van der Waals surface area contributed by atoms with E-state index in [0.29, 0.717) is 0 Å². The van der Waals surface area contributed by atoms with Crippen LogP contribution in [-0.4, -0.2) is 36.8 Å². The molecular formula is C16H29N3O. The van der Waals surface area contributed by atoms with Crippen LogP contribution in [-0.2, 0) is 17.6 Å². The lowest BCUT2D eigenvalue weighted by molar-refractivity contribution is 0.199. The second-order valence-corrected chi connectivity index (χ2v) is 5.24. The molecule has 0 atom stereocenters. The number of nitrogens with zero attached hydrogens (tertiary/aromatic N) is 2. The van der Waals surface area contributed by atoms with Gasteiger partial charge >= 0.3 is 0 Å². The van der Waals surface area contributed by atoms with E-state index in [2.05, 4.69) is 36.1 Å². The Morgan fingerprint density at radius 3 is 2.30 bits per heavy atom. The average Bonchev–Trinajstić information content (AvgIpc) is 2.42. The van der Waals surface area contributed by atoms with Gasteiger partial charge in [0, 0.05) is 31.5 Å². The zero-order valence-electron chi connectivity index (χ0n) is 13.5. The third-order valence-corrected chi connectivity index (χ3v) is 3.48. The van der Waals surface area contributed by atoms with Crippen LogP contribution in [0.4, 0.5) is 0 Å². The van der Waals surface area contributed by atoms with Crippen molar-refractivity contribution in [1.29, 1.82) is 0 Å². The Morgan fingerprint density at radius 2 is 1.70 bits per heavy atom. The molecule has 0 radical (unpaired) electrons. The molecule has 0 saturated heterocycles. The van der Waals surface area contributed by atoms with E-state index < -0.39 is 0 Å². The first-order chi connectivity index (χ1) is 9.69. The molecule has 0 fully saturated rings. The summed E-state index contributed by atoms with van der Waals surface area (Å²) in [5.41, 5.74) is 3.62. The van der Waals surface area contributed by atoms with Crippen LogP contribution in [0.25, 0.3) is 0 Å². The van der Waals surface area contributed by atoms with E-state index in [9.17, 15) is 0 Å². The highest BCUT2D eigenvalue weighted by Gasteiger charge is 2.08. The maximum absolute atomic E-state index is 5.01. The third-order valence-electron chi connectivity index (χ3n) is 3.48. The highest BCUT2D eigenvalue weighted by molar-refractivity contribution is 5.24. The van der Waals surface area contributed by atoms with Crippen molar-refractivity contribution in [3.8, 4) is 0 Å². The minimum Gasteiger partial charge on any atom is -0.383 e. The standard InChI is InChI=1S/C16H29N3O/c1-5-6-9-16-18-13(2)15(14(3)19-16)8-7-10-17-11-12-20-4/h17H,5-12H2,1-4H3. The highest BCUT2D eigenvalue weighted by atomic mass is 16.5. The van der Waals surface area contributed by atoms with Gasteiger partial charge in [0.2, 0.25) is 0 Å². The van der Waals surface area contributed by atoms with E-state index in [1.54, 1.807) is 7.11 Å². The number of rotatable bonds is 10. The molecule has 0 aliphatic carbocycles. The van der Waals surface area contributed by atoms with E-state index in [4.69, 9.17) is 4.74 Å². The molecule has 1 heterocycles. The molecule has 0 amide bonds. The van der Waals surface area contributed by atoms with E-state index >= 15 is 0 Å². The molecule has 1 N–H and O–H groups in total. The van der Waals surface area contributed by atoms with Gasteiger partial charge in [-0.15, -0.1) is 0 Å². The maximum Gasteiger partial charge on any atom is 0.128 e. The first kappa shape index (κ1) is 17.1. The smallest absolute Gasteiger partial charge is 0.128 e. The van der Waals surface area contributed by atoms with Gasteiger partial charge in [0.05, 0.1) is 6.61 Å². The van der Waals surface area contributed by atoms with Crippen molar-refractivity contribution in [3.63, 3.8) is 0 Å². The Labute approximate surface area is 123 Å². The largest absolute Gasteiger partial charge is 0.383 e. The fraction of sp³-hybridized carbons (Fsp3) is 0.750. The second kappa shape index (κ2) is 9.83. The van der Waals surface area contributed by atoms with Crippen molar-refractivity contribution in [1.82, 2.24) is 15.3 Å². The summed E-state index contributed by atoms with van der Waals surface area (Å²) in [4.78, 5) is 9.30. The monoisotopic (exact) mass is 279 g/mol. The summed E-state index contributed by atoms with van der Waals surface area (Å²) in [6.45, 7) is 9.12. The number of unbranched alkanes of at least 4 members (excludes halogenated alkanes) is 1. The Kier molecular flexibility index (Phi) is 8.38. The number of nitrogens with one attached hydrogen (secondary N) is 1. The molecule has 4 heteroatoms. The number of ether oxygens (including phenoxy) is 1. The van der Waals surface area contributed by atoms with E-state index in [-0.39, 0.29) is 0 Å². The van der Waals surface area contributed by atoms with E-state index in [1.807, 2.05) is 0 Å². The fourth-order valence-electron chi connectivity index (χ4n) is 2.31. The van der Waals surface area contributed by atoms with E-state index in [1.165, 1.54) is 18.4 Å². The first-order valence-electron chi connectivity index (χ1n) is 7.71. The molecule has 0 spiro atoms. The van der Waals surface area contributed by atoms with Crippen LogP contribution in [0, 0.1) is 13.8 Å². The topological polar surface area (TPSA) is 47.0 Å². The molecule has 1 aromatic rings. The lowest BCUT2D eigenvalue weighted by Gasteiger charge is -2.11. The average molecular weight is 279 g/mol. The Hall–Kier alpha value is -1.00. The van der Waals surface area contributed by atoms with Gasteiger partial charge < -0.3 is 10.1 Å². The lowest BCUT2D eigenvalue weighted by Crippen LogP contribution is -2.21. The zero-order valence-corrected chi connectivity index (χ0v) is 13.5. The molecule has 1 aromatic heterocycles. The number of methoxy groups -OCH3 is 1. The van der Waals surface area contributed by atoms with Gasteiger partial charge in [-0.1, -0.05) is 13.3 Å². The van der Waals surface area contributed by atoms with E-state index in [0.717, 1.165) is 56.2 Å². The molecule has 114 valence electrons. The van der Waals surface area contributed by atoms with Crippen molar-refractivity contribution in [2.45, 2.75) is 52.9 Å². The maximum atomic E-state index is 5.01. The van der Waals surface area contributed by atoms with Crippen LogP contribution in [0.5, 0.6) is 0 Å². The summed E-state index contributed by atoms with van der Waals surface area (Å²) in [5.74, 6) is 1.00. The number of hydrogen-bond donors (Lipinski definition) is 1. The summed E-state index contributed by atoms with van der Waals surface area (Å²) in [6.07, 6.45) is 5.52. The molecular weight excluding hydrogens is 250 g/mol. The van der Waals surface area contributed by atoms with Gasteiger partial charge in [-0.3, -0.25) is 0 Å². The Morgan fingerprint density at radius 1 is 1.00 bits per heavy atom. The van der Waals surface area contributed by atoms with Gasteiger partial charge in [0.15, 0.2) is 0 Å². The van der Waals surface area contributed by atoms with Crippen LogP contribution in [0.15, 0.2) is 0 Å². The van der Waals surface area contributed by atoms with Gasteiger partial charge in [-0.25, -0.2) is 9.97 Å². The zero-order chi connectivity index (χ0) is 14.8. The first-order valence-corrected chi connectivity index (χ1v) is 7.71. The quantitative estimate of drug-likeness (QED) is 0.669. The molecule has 0 saturated carbocycles. The molecule has 20 heavy (non-hydrogen) atoms. The summed E-state index contributed by atoms with van der Waals surface area (Å²) >= 11 is 0. The second-order valence-electron chi connectivity index (χ2n) is 5.24. The van der Waals surface area contributed by atoms with Crippen LogP contribution in [0.3, 0.4) is 0 Å². The van der Waals surface area contributed by atoms with Crippen LogP contribution < -0.4 is 5.32 Å². The lowest BCUT2D eigenvalue weighted by atomic mass is 10.1. The fourth-order valence-corrected chi connectivity index (χ4v) is 2.31. The summed E-state index contributed by atoms with van der Waals surface area (Å²) in [7, 11) is 1.73. The van der Waals surface area contributed by atoms with Crippen molar-refractivity contribution in [3.05, 3.63) is 22.8 Å². The predicted molar refractivity (Wildman–Crippen MR) is 83.2 cm³/mol. The molecule has 0 aromatic carbocycles. The molecule has 0 aliphatic rings. The van der Waals surface area contributed by atoms with Crippen LogP contribution in [0.1, 0.15) is 49.0 Å². The van der Waals surface area contributed by atoms with Crippen LogP contribution in [0.2, 0.25) is 0 Å². The van der Waals surface area contributed by atoms with Gasteiger partial charge in [-0.05, 0) is 45.2 Å². The van der Waals surface area contributed by atoms with Crippen molar-refractivity contribution < 1.29 is 4.74 Å². The van der Waals surface area contributed by atoms with Gasteiger partial charge in [0.25, 0.3) is 0 Å². The summed E-state index contributed by atoms with van der Waals surface area (Å²) in [5, 5.41) is 3.37. The number of aromatic nitrogens is 2. The summed E-state index contributed by atoms with van der Waals surface area (Å²) in [6, 6.07) is 0. The Bertz CT molecular complexity index is 370. The minimum atomic E-state index is 0.771. The highest BCUT2D eigenvalue weighted by Crippen LogP contribution is 2.13. The van der Waals surface area contributed by atoms with Crippen molar-refractivity contribution in [2.24, 2.45) is 0 Å². The molecule has 0 bridgehead atoms. The normalized spacial score (nSPS) is 11.0. The number of hydrogen-bond acceptors (Lipinski definition) is 4. The third kappa shape index (κ3) is 5.97. The minimum absolute atomic E-state index is 0.771. The van der Waals surface area contributed by atoms with Gasteiger partial charge in [-0.2, -0.15) is 0 Å². The molecule has 0 unspecified atom stereocenters. The molecule has 4 nitrogen and oxygen atoms in total. The van der Waals surface area contributed by atoms with Crippen molar-refractivity contribution >= 4 is 0 Å². The number of aryl methyl sites for hydroxylation is 3. The van der Waals surface area contributed by atoms with Crippen LogP contribution >= 0.6 is 0 Å². The predicted octanol–water partition coefficient (Wildman–Crippen LogP) is 2.60. The SMILES string of the molecule is CCCCc1nc(C)c(CCCNCCOC)c(C)n1. The molecule has 0 aliphatic heterocycles.